The van der Waals surface area contributed by atoms with E-state index in [2.05, 4.69) is 67.1 Å². The van der Waals surface area contributed by atoms with Crippen LogP contribution in [0.25, 0.3) is 6.08 Å². The average molecular weight is 575 g/mol. The first-order valence-electron chi connectivity index (χ1n) is 11.3. The van der Waals surface area contributed by atoms with Crippen LogP contribution in [0.3, 0.4) is 0 Å². The van der Waals surface area contributed by atoms with Gasteiger partial charge in [0.15, 0.2) is 0 Å². The molecule has 1 aliphatic rings. The first kappa shape index (κ1) is 28.9. The van der Waals surface area contributed by atoms with Gasteiger partial charge in [0, 0.05) is 17.5 Å². The normalized spacial score (nSPS) is 21.1. The number of piperidine rings is 1. The van der Waals surface area contributed by atoms with Crippen molar-refractivity contribution in [1.29, 1.82) is 0 Å². The molecular weight excluding hydrogens is 546 g/mol. The van der Waals surface area contributed by atoms with Gasteiger partial charge in [0.1, 0.15) is 5.75 Å². The number of phenolic OH excluding ortho intramolecular Hbond substituents is 1. The Hall–Kier alpha value is -0.664. The summed E-state index contributed by atoms with van der Waals surface area (Å²) < 4.78 is 0.907. The maximum absolute atomic E-state index is 12.3. The molecule has 1 fully saturated rings. The second kappa shape index (κ2) is 13.2. The number of halogens is 1. The van der Waals surface area contributed by atoms with Crippen LogP contribution < -0.4 is 67.7 Å². The predicted molar refractivity (Wildman–Crippen MR) is 145 cm³/mol. The Kier molecular flexibility index (Phi) is 10.9. The van der Waals surface area contributed by atoms with Crippen molar-refractivity contribution in [2.24, 2.45) is 5.73 Å². The molecule has 176 valence electrons. The fourth-order valence-corrected chi connectivity index (χ4v) is 5.42. The predicted octanol–water partition coefficient (Wildman–Crippen LogP) is 1.43. The molecule has 0 aliphatic carbocycles. The molecule has 0 spiro atoms. The number of aromatic hydroxyl groups is 1. The van der Waals surface area contributed by atoms with Crippen molar-refractivity contribution < 1.29 is 61.3 Å². The maximum atomic E-state index is 12.3. The summed E-state index contributed by atoms with van der Waals surface area (Å²) in [6, 6.07) is 24.4. The molecule has 0 radical (unpaired) electrons. The summed E-state index contributed by atoms with van der Waals surface area (Å²) in [6.07, 6.45) is 6.27. The monoisotopic (exact) mass is 573 g/mol. The molecule has 3 aromatic rings. The van der Waals surface area contributed by atoms with Crippen molar-refractivity contribution in [2.45, 2.75) is 36.8 Å². The van der Waals surface area contributed by atoms with Gasteiger partial charge in [0.25, 0.3) is 0 Å². The van der Waals surface area contributed by atoms with E-state index in [4.69, 9.17) is 5.73 Å². The van der Waals surface area contributed by atoms with Crippen LogP contribution in [0, 0.1) is 6.07 Å². The number of hydrogen-bond donors (Lipinski definition) is 3. The molecule has 7 heteroatoms. The van der Waals surface area contributed by atoms with Gasteiger partial charge in [-0.15, -0.1) is 45.2 Å². The number of rotatable bonds is 7. The topological polar surface area (TPSA) is 75.4 Å². The summed E-state index contributed by atoms with van der Waals surface area (Å²) in [6.45, 7) is 0.757. The molecule has 4 N–H and O–H groups in total. The van der Waals surface area contributed by atoms with Crippen LogP contribution in [-0.4, -0.2) is 29.5 Å². The van der Waals surface area contributed by atoms with E-state index in [1.807, 2.05) is 36.4 Å². The average Bonchev–Trinajstić information content (AvgIpc) is 2.81. The van der Waals surface area contributed by atoms with Gasteiger partial charge < -0.3 is 21.0 Å². The molecule has 1 aliphatic heterocycles. The van der Waals surface area contributed by atoms with Gasteiger partial charge in [-0.3, -0.25) is 0 Å². The van der Waals surface area contributed by atoms with E-state index in [1.54, 1.807) is 12.1 Å². The van der Waals surface area contributed by atoms with Crippen LogP contribution in [0.5, 0.6) is 5.75 Å². The van der Waals surface area contributed by atoms with Crippen LogP contribution >= 0.6 is 25.2 Å². The van der Waals surface area contributed by atoms with E-state index < -0.39 is 5.54 Å². The Morgan fingerprint density at radius 1 is 1.26 bits per heavy atom. The van der Waals surface area contributed by atoms with E-state index >= 15 is 0 Å². The third-order valence-electron chi connectivity index (χ3n) is 6.44. The van der Waals surface area contributed by atoms with Gasteiger partial charge in [-0.2, -0.15) is 5.56 Å². The zero-order valence-electron chi connectivity index (χ0n) is 19.8. The Labute approximate surface area is 260 Å². The van der Waals surface area contributed by atoms with E-state index in [-0.39, 0.29) is 69.1 Å². The fraction of sp³-hybridized carbons (Fsp3) is 0.250. The number of nitrogens with one attached hydrogen (secondary N) is 1. The second-order valence-electron chi connectivity index (χ2n) is 8.97. The van der Waals surface area contributed by atoms with Crippen molar-refractivity contribution in [3.8, 4) is 5.75 Å². The van der Waals surface area contributed by atoms with Gasteiger partial charge in [-0.25, -0.2) is 0 Å². The minimum Gasteiger partial charge on any atom is -0.508 e. The summed E-state index contributed by atoms with van der Waals surface area (Å²) in [5.41, 5.74) is 9.89. The molecule has 1 heterocycles. The second-order valence-corrected chi connectivity index (χ2v) is 10.6. The van der Waals surface area contributed by atoms with E-state index in [0.717, 1.165) is 33.9 Å². The fourth-order valence-electron chi connectivity index (χ4n) is 4.85. The van der Waals surface area contributed by atoms with E-state index in [9.17, 15) is 9.90 Å². The zero-order chi connectivity index (χ0) is 24.1. The number of carbonyl (C=O) groups excluding carboxylic acids is 1. The summed E-state index contributed by atoms with van der Waals surface area (Å²) >= 11 is 3.49. The van der Waals surface area contributed by atoms with Gasteiger partial charge >= 0.3 is 51.4 Å². The van der Waals surface area contributed by atoms with Gasteiger partial charge in [0.05, 0.1) is 0 Å². The summed E-state index contributed by atoms with van der Waals surface area (Å²) in [5.74, 6) is -0.202. The number of nitrogens with two attached hydrogens (primary N) is 1. The van der Waals surface area contributed by atoms with Crippen molar-refractivity contribution in [1.82, 2.24) is 5.32 Å². The maximum Gasteiger partial charge on any atom is 1.00 e. The zero-order valence-corrected chi connectivity index (χ0v) is 25.7. The molecular formula is C28H28BrKN2O2P-. The summed E-state index contributed by atoms with van der Waals surface area (Å²) in [7, 11) is 2.71. The molecule has 4 atom stereocenters. The van der Waals surface area contributed by atoms with Gasteiger partial charge in [-0.1, -0.05) is 56.8 Å². The molecule has 0 aromatic heterocycles. The molecule has 0 bridgehead atoms. The summed E-state index contributed by atoms with van der Waals surface area (Å²) in [4.78, 5) is 12.3. The van der Waals surface area contributed by atoms with Crippen LogP contribution in [0.4, 0.5) is 0 Å². The first-order valence-corrected chi connectivity index (χ1v) is 12.7. The molecule has 0 saturated carbocycles. The SMILES string of the molecule is NC1(C(/C([C-]=O)=C/c2[c-]ccc(Br)c2)c2ccc(O)cc2)CCNC(Cc2ccc(P)cc2)C1.[K+]. The van der Waals surface area contributed by atoms with Crippen LogP contribution in [0.1, 0.15) is 35.4 Å². The molecule has 4 unspecified atom stereocenters. The third kappa shape index (κ3) is 7.67. The molecule has 3 aromatic carbocycles. The van der Waals surface area contributed by atoms with Crippen molar-refractivity contribution in [3.05, 3.63) is 99.5 Å². The van der Waals surface area contributed by atoms with Crippen LogP contribution in [0.2, 0.25) is 0 Å². The Morgan fingerprint density at radius 2 is 1.97 bits per heavy atom. The Morgan fingerprint density at radius 3 is 2.63 bits per heavy atom. The minimum absolute atomic E-state index is 0. The third-order valence-corrected chi connectivity index (χ3v) is 7.32. The van der Waals surface area contributed by atoms with Crippen molar-refractivity contribution in [3.63, 3.8) is 0 Å². The smallest absolute Gasteiger partial charge is 0.508 e. The summed E-state index contributed by atoms with van der Waals surface area (Å²) in [5, 5.41) is 14.6. The van der Waals surface area contributed by atoms with Crippen LogP contribution in [0.15, 0.2) is 76.8 Å². The molecule has 0 amide bonds. The number of phenols is 1. The quantitative estimate of drug-likeness (QED) is 0.173. The molecule has 35 heavy (non-hydrogen) atoms. The minimum atomic E-state index is -0.664. The van der Waals surface area contributed by atoms with E-state index in [1.165, 1.54) is 5.56 Å². The largest absolute Gasteiger partial charge is 1.00 e. The molecule has 4 nitrogen and oxygen atoms in total. The van der Waals surface area contributed by atoms with Gasteiger partial charge in [0.2, 0.25) is 0 Å². The Bertz CT molecular complexity index is 1170. The number of hydrogen-bond acceptors (Lipinski definition) is 4. The standard InChI is InChI=1S/C28H28BrN2O2P.K/c29-23-3-1-2-20(15-23)14-22(18-32)27(21-6-8-25(33)9-7-21)28(30)12-13-31-24(17-28)16-19-4-10-26(34)11-5-19;/h1,3-11,14-15,24,27,31,33H,12-13,16-17,30,34H2;/q-2;+1/b22-14+;. The van der Waals surface area contributed by atoms with Crippen molar-refractivity contribution in [2.75, 3.05) is 6.54 Å². The number of benzene rings is 3. The van der Waals surface area contributed by atoms with Crippen LogP contribution in [-0.2, 0) is 11.2 Å². The van der Waals surface area contributed by atoms with Gasteiger partial charge in [-0.05, 0) is 60.7 Å². The van der Waals surface area contributed by atoms with Crippen molar-refractivity contribution >= 4 is 42.8 Å². The molecule has 1 saturated heterocycles. The Balaban J connectivity index is 0.00000342. The van der Waals surface area contributed by atoms with E-state index in [0.29, 0.717) is 18.4 Å². The molecule has 4 rings (SSSR count). The first-order chi connectivity index (χ1) is 16.4.